The van der Waals surface area contributed by atoms with Crippen LogP contribution in [0.2, 0.25) is 0 Å². The highest BCUT2D eigenvalue weighted by atomic mass is 32.2. The zero-order valence-electron chi connectivity index (χ0n) is 11.8. The van der Waals surface area contributed by atoms with Gasteiger partial charge in [-0.05, 0) is 18.6 Å². The molecule has 0 spiro atoms. The lowest BCUT2D eigenvalue weighted by molar-refractivity contribution is 0.581. The minimum atomic E-state index is -3.59. The van der Waals surface area contributed by atoms with Crippen LogP contribution in [0.25, 0.3) is 0 Å². The van der Waals surface area contributed by atoms with Crippen LogP contribution in [0.5, 0.6) is 0 Å². The number of aromatic amines is 1. The molecule has 2 rings (SSSR count). The van der Waals surface area contributed by atoms with Crippen molar-refractivity contribution in [2.24, 2.45) is 0 Å². The Morgan fingerprint density at radius 2 is 2.10 bits per heavy atom. The van der Waals surface area contributed by atoms with Crippen LogP contribution in [0.15, 0.2) is 35.6 Å². The molecular weight excluding hydrogens is 290 g/mol. The Balaban J connectivity index is 2.04. The molecule has 0 aliphatic heterocycles. The number of hydrogen-bond donors (Lipinski definition) is 3. The van der Waals surface area contributed by atoms with E-state index in [0.29, 0.717) is 18.8 Å². The third-order valence-corrected chi connectivity index (χ3v) is 4.30. The van der Waals surface area contributed by atoms with E-state index >= 15 is 0 Å². The van der Waals surface area contributed by atoms with E-state index in [1.165, 1.54) is 0 Å². The predicted molar refractivity (Wildman–Crippen MR) is 80.5 cm³/mol. The minimum absolute atomic E-state index is 0.165. The van der Waals surface area contributed by atoms with Gasteiger partial charge in [0.15, 0.2) is 0 Å². The summed E-state index contributed by atoms with van der Waals surface area (Å²) in [6.45, 7) is 2.95. The number of nitrogens with one attached hydrogen (secondary N) is 3. The Hall–Kier alpha value is -1.93. The van der Waals surface area contributed by atoms with Gasteiger partial charge in [-0.1, -0.05) is 6.92 Å². The molecule has 0 radical (unpaired) electrons. The molecule has 7 nitrogen and oxygen atoms in total. The van der Waals surface area contributed by atoms with Crippen LogP contribution in [0.4, 0.5) is 5.82 Å². The topological polar surface area (TPSA) is 99.8 Å². The molecule has 2 heterocycles. The maximum atomic E-state index is 12.3. The molecule has 0 aliphatic carbocycles. The Kier molecular flexibility index (Phi) is 5.29. The average Bonchev–Trinajstić information content (AvgIpc) is 2.98. The van der Waals surface area contributed by atoms with Crippen molar-refractivity contribution in [1.29, 1.82) is 0 Å². The number of imidazole rings is 1. The normalized spacial score (nSPS) is 11.5. The van der Waals surface area contributed by atoms with Crippen LogP contribution in [0.3, 0.4) is 0 Å². The first kappa shape index (κ1) is 15.5. The van der Waals surface area contributed by atoms with Crippen LogP contribution in [0, 0.1) is 0 Å². The van der Waals surface area contributed by atoms with Crippen LogP contribution >= 0.6 is 0 Å². The van der Waals surface area contributed by atoms with Crippen molar-refractivity contribution in [3.63, 3.8) is 0 Å². The summed E-state index contributed by atoms with van der Waals surface area (Å²) in [5.41, 5.74) is 0. The van der Waals surface area contributed by atoms with Gasteiger partial charge in [-0.15, -0.1) is 0 Å². The van der Waals surface area contributed by atoms with E-state index in [-0.39, 0.29) is 11.4 Å². The largest absolute Gasteiger partial charge is 0.369 e. The number of pyridine rings is 1. The number of nitrogens with zero attached hydrogens (tertiary/aromatic N) is 2. The second-order valence-corrected chi connectivity index (χ2v) is 6.20. The molecule has 8 heteroatoms. The van der Waals surface area contributed by atoms with E-state index in [9.17, 15) is 8.42 Å². The van der Waals surface area contributed by atoms with Crippen molar-refractivity contribution in [3.8, 4) is 0 Å². The van der Waals surface area contributed by atoms with Crippen LogP contribution < -0.4 is 10.0 Å². The van der Waals surface area contributed by atoms with Crippen molar-refractivity contribution >= 4 is 15.8 Å². The van der Waals surface area contributed by atoms with E-state index in [0.717, 1.165) is 12.2 Å². The monoisotopic (exact) mass is 309 g/mol. The Labute approximate surface area is 124 Å². The lowest BCUT2D eigenvalue weighted by atomic mass is 10.4. The van der Waals surface area contributed by atoms with Crippen molar-refractivity contribution in [3.05, 3.63) is 36.5 Å². The molecule has 2 aromatic heterocycles. The van der Waals surface area contributed by atoms with Gasteiger partial charge in [0.1, 0.15) is 16.5 Å². The molecule has 0 amide bonds. The fourth-order valence-corrected chi connectivity index (χ4v) is 2.96. The third kappa shape index (κ3) is 4.27. The van der Waals surface area contributed by atoms with Gasteiger partial charge in [0.05, 0.1) is 0 Å². The molecule has 0 aliphatic rings. The summed E-state index contributed by atoms with van der Waals surface area (Å²) in [4.78, 5) is 11.2. The summed E-state index contributed by atoms with van der Waals surface area (Å²) < 4.78 is 27.2. The molecule has 0 atom stereocenters. The molecule has 21 heavy (non-hydrogen) atoms. The summed E-state index contributed by atoms with van der Waals surface area (Å²) in [7, 11) is -3.59. The van der Waals surface area contributed by atoms with Crippen LogP contribution in [-0.2, 0) is 16.4 Å². The van der Waals surface area contributed by atoms with E-state index in [4.69, 9.17) is 0 Å². The maximum absolute atomic E-state index is 12.3. The number of H-pyrrole nitrogens is 1. The van der Waals surface area contributed by atoms with Gasteiger partial charge in [-0.25, -0.2) is 23.1 Å². The highest BCUT2D eigenvalue weighted by Gasteiger charge is 2.18. The van der Waals surface area contributed by atoms with E-state index < -0.39 is 10.0 Å². The third-order valence-electron chi connectivity index (χ3n) is 2.81. The Morgan fingerprint density at radius 3 is 2.81 bits per heavy atom. The standard InChI is InChI=1S/C13H19N5O2S/c1-2-6-16-13-11(4-3-7-17-13)21(19,20)18-8-5-12-14-9-10-15-12/h3-4,7,9-10,18H,2,5-6,8H2,1H3,(H,14,15)(H,16,17). The lowest BCUT2D eigenvalue weighted by Gasteiger charge is -2.11. The molecule has 0 saturated carbocycles. The van der Waals surface area contributed by atoms with Crippen molar-refractivity contribution in [2.75, 3.05) is 18.4 Å². The first-order valence-electron chi connectivity index (χ1n) is 6.80. The number of sulfonamides is 1. The summed E-state index contributed by atoms with van der Waals surface area (Å²) in [5.74, 6) is 1.12. The SMILES string of the molecule is CCCNc1ncccc1S(=O)(=O)NCCc1ncc[nH]1. The highest BCUT2D eigenvalue weighted by Crippen LogP contribution is 2.17. The maximum Gasteiger partial charge on any atom is 0.244 e. The number of aromatic nitrogens is 3. The first-order valence-corrected chi connectivity index (χ1v) is 8.28. The predicted octanol–water partition coefficient (Wildman–Crippen LogP) is 1.15. The quantitative estimate of drug-likeness (QED) is 0.679. The molecule has 0 fully saturated rings. The van der Waals surface area contributed by atoms with Gasteiger partial charge >= 0.3 is 0 Å². The van der Waals surface area contributed by atoms with Crippen molar-refractivity contribution in [1.82, 2.24) is 19.7 Å². The molecule has 114 valence electrons. The summed E-state index contributed by atoms with van der Waals surface area (Å²) in [6.07, 6.45) is 6.31. The average molecular weight is 309 g/mol. The zero-order valence-corrected chi connectivity index (χ0v) is 12.7. The van der Waals surface area contributed by atoms with Gasteiger partial charge < -0.3 is 10.3 Å². The Morgan fingerprint density at radius 1 is 1.24 bits per heavy atom. The fraction of sp³-hybridized carbons (Fsp3) is 0.385. The fourth-order valence-electron chi connectivity index (χ4n) is 1.80. The zero-order chi connectivity index (χ0) is 15.1. The molecular formula is C13H19N5O2S. The molecule has 2 aromatic rings. The smallest absolute Gasteiger partial charge is 0.244 e. The molecule has 0 unspecified atom stereocenters. The second kappa shape index (κ2) is 7.19. The summed E-state index contributed by atoms with van der Waals surface area (Å²) in [5, 5.41) is 3.02. The second-order valence-electron chi connectivity index (χ2n) is 4.46. The van der Waals surface area contributed by atoms with Crippen LogP contribution in [0.1, 0.15) is 19.2 Å². The highest BCUT2D eigenvalue weighted by molar-refractivity contribution is 7.89. The number of anilines is 1. The van der Waals surface area contributed by atoms with Crippen LogP contribution in [-0.4, -0.2) is 36.5 Å². The first-order chi connectivity index (χ1) is 10.1. The molecule has 3 N–H and O–H groups in total. The molecule has 0 aromatic carbocycles. The number of hydrogen-bond acceptors (Lipinski definition) is 5. The summed E-state index contributed by atoms with van der Waals surface area (Å²) in [6, 6.07) is 3.15. The lowest BCUT2D eigenvalue weighted by Crippen LogP contribution is -2.27. The minimum Gasteiger partial charge on any atom is -0.369 e. The molecule has 0 bridgehead atoms. The van der Waals surface area contributed by atoms with E-state index in [1.54, 1.807) is 30.7 Å². The number of rotatable bonds is 8. The van der Waals surface area contributed by atoms with Gasteiger partial charge in [0.2, 0.25) is 10.0 Å². The van der Waals surface area contributed by atoms with E-state index in [1.807, 2.05) is 6.92 Å². The van der Waals surface area contributed by atoms with E-state index in [2.05, 4.69) is 25.0 Å². The van der Waals surface area contributed by atoms with Crippen molar-refractivity contribution < 1.29 is 8.42 Å². The van der Waals surface area contributed by atoms with Gasteiger partial charge in [-0.3, -0.25) is 0 Å². The summed E-state index contributed by atoms with van der Waals surface area (Å²) >= 11 is 0. The van der Waals surface area contributed by atoms with Crippen molar-refractivity contribution in [2.45, 2.75) is 24.7 Å². The van der Waals surface area contributed by atoms with Gasteiger partial charge in [0.25, 0.3) is 0 Å². The van der Waals surface area contributed by atoms with Gasteiger partial charge in [-0.2, -0.15) is 0 Å². The molecule has 0 saturated heterocycles. The Bertz CT molecular complexity index is 655. The van der Waals surface area contributed by atoms with Gasteiger partial charge in [0, 0.05) is 38.1 Å².